The van der Waals surface area contributed by atoms with Gasteiger partial charge >= 0.3 is 0 Å². The zero-order valence-electron chi connectivity index (χ0n) is 15.3. The quantitative estimate of drug-likeness (QED) is 0.576. The Kier molecular flexibility index (Phi) is 6.20. The van der Waals surface area contributed by atoms with Gasteiger partial charge in [-0.3, -0.25) is 9.59 Å². The molecule has 0 aliphatic heterocycles. The van der Waals surface area contributed by atoms with Gasteiger partial charge in [-0.1, -0.05) is 18.2 Å². The lowest BCUT2D eigenvalue weighted by Crippen LogP contribution is -2.26. The van der Waals surface area contributed by atoms with Gasteiger partial charge in [0, 0.05) is 22.2 Å². The number of amides is 2. The molecule has 0 aliphatic carbocycles. The number of nitrogens with zero attached hydrogens (tertiary/aromatic N) is 1. The van der Waals surface area contributed by atoms with Crippen LogP contribution in [0.5, 0.6) is 5.75 Å². The third kappa shape index (κ3) is 5.17. The van der Waals surface area contributed by atoms with Crippen LogP contribution in [0.4, 0.5) is 10.8 Å². The maximum absolute atomic E-state index is 12.1. The minimum Gasteiger partial charge on any atom is -0.545 e. The van der Waals surface area contributed by atoms with Crippen molar-refractivity contribution >= 4 is 39.9 Å². The van der Waals surface area contributed by atoms with E-state index in [0.29, 0.717) is 10.8 Å². The molecule has 0 atom stereocenters. The number of ether oxygens (including phenoxy) is 1. The van der Waals surface area contributed by atoms with Crippen LogP contribution in [0.1, 0.15) is 16.8 Å². The number of carbonyl (C=O) groups is 3. The van der Waals surface area contributed by atoms with Crippen molar-refractivity contribution in [2.24, 2.45) is 0 Å². The second kappa shape index (κ2) is 8.98. The Labute approximate surface area is 170 Å². The van der Waals surface area contributed by atoms with E-state index < -0.39 is 24.2 Å². The van der Waals surface area contributed by atoms with Crippen LogP contribution in [0.3, 0.4) is 0 Å². The maximum Gasteiger partial charge on any atom is 0.235 e. The number of carbonyl (C=O) groups excluding carboxylic acids is 3. The average molecular weight is 410 g/mol. The monoisotopic (exact) mass is 410 g/mol. The standard InChI is InChI=1S/C20H17N3O5S/c1-28-13-8-6-12(7-9-13)16-11-29-20(22-16)23-18(25)10-17(24)21-15-5-3-2-4-14(15)19(26)27/h2-9,11H,10H2,1H3,(H,21,24)(H,26,27)(H,22,23,25)/p-1. The SMILES string of the molecule is COc1ccc(-c2csc(NC(=O)CC(=O)Nc3ccccc3C(=O)[O-])n2)cc1. The van der Waals surface area contributed by atoms with E-state index in [-0.39, 0.29) is 11.3 Å². The van der Waals surface area contributed by atoms with Crippen molar-refractivity contribution in [3.8, 4) is 17.0 Å². The number of aromatic nitrogens is 1. The molecule has 1 aromatic heterocycles. The van der Waals surface area contributed by atoms with E-state index in [2.05, 4.69) is 15.6 Å². The molecule has 148 valence electrons. The molecule has 0 saturated carbocycles. The van der Waals surface area contributed by atoms with E-state index in [1.165, 1.54) is 29.5 Å². The summed E-state index contributed by atoms with van der Waals surface area (Å²) in [5.41, 5.74) is 1.45. The molecule has 0 saturated heterocycles. The van der Waals surface area contributed by atoms with E-state index in [1.54, 1.807) is 18.6 Å². The number of carboxylic acid groups (broad SMARTS) is 1. The summed E-state index contributed by atoms with van der Waals surface area (Å²) in [5, 5.41) is 18.2. The van der Waals surface area contributed by atoms with Gasteiger partial charge in [0.25, 0.3) is 0 Å². The first kappa shape index (κ1) is 20.0. The highest BCUT2D eigenvalue weighted by Gasteiger charge is 2.14. The first-order valence-electron chi connectivity index (χ1n) is 8.46. The normalized spacial score (nSPS) is 10.2. The Morgan fingerprint density at radius 1 is 1.03 bits per heavy atom. The molecular weight excluding hydrogens is 394 g/mol. The van der Waals surface area contributed by atoms with Crippen LogP contribution in [0.15, 0.2) is 53.9 Å². The second-order valence-electron chi connectivity index (χ2n) is 5.87. The smallest absolute Gasteiger partial charge is 0.235 e. The predicted molar refractivity (Wildman–Crippen MR) is 107 cm³/mol. The minimum absolute atomic E-state index is 0.0707. The van der Waals surface area contributed by atoms with Gasteiger partial charge in [0.05, 0.1) is 18.8 Å². The van der Waals surface area contributed by atoms with Crippen LogP contribution < -0.4 is 20.5 Å². The van der Waals surface area contributed by atoms with Crippen molar-refractivity contribution in [1.29, 1.82) is 0 Å². The number of hydrogen-bond donors (Lipinski definition) is 2. The molecule has 2 aromatic carbocycles. The zero-order chi connectivity index (χ0) is 20.8. The van der Waals surface area contributed by atoms with E-state index in [9.17, 15) is 19.5 Å². The van der Waals surface area contributed by atoms with E-state index in [4.69, 9.17) is 4.74 Å². The lowest BCUT2D eigenvalue weighted by molar-refractivity contribution is -0.254. The highest BCUT2D eigenvalue weighted by atomic mass is 32.1. The topological polar surface area (TPSA) is 120 Å². The van der Waals surface area contributed by atoms with Gasteiger partial charge in [0.15, 0.2) is 5.13 Å². The Hall–Kier alpha value is -3.72. The number of hydrogen-bond acceptors (Lipinski definition) is 7. The Morgan fingerprint density at radius 2 is 1.72 bits per heavy atom. The Morgan fingerprint density at radius 3 is 2.41 bits per heavy atom. The van der Waals surface area contributed by atoms with Crippen molar-refractivity contribution in [3.63, 3.8) is 0 Å². The van der Waals surface area contributed by atoms with Crippen LogP contribution in [0.2, 0.25) is 0 Å². The van der Waals surface area contributed by atoms with Gasteiger partial charge in [0.1, 0.15) is 12.2 Å². The average Bonchev–Trinajstić information content (AvgIpc) is 3.16. The Balaban J connectivity index is 1.59. The number of rotatable bonds is 7. The number of carboxylic acids is 1. The van der Waals surface area contributed by atoms with E-state index >= 15 is 0 Å². The first-order chi connectivity index (χ1) is 14.0. The van der Waals surface area contributed by atoms with Gasteiger partial charge in [-0.15, -0.1) is 11.3 Å². The van der Waals surface area contributed by atoms with Gasteiger partial charge in [-0.2, -0.15) is 0 Å². The number of para-hydroxylation sites is 1. The molecule has 2 amide bonds. The summed E-state index contributed by atoms with van der Waals surface area (Å²) in [6.45, 7) is 0. The molecule has 0 bridgehead atoms. The zero-order valence-corrected chi connectivity index (χ0v) is 16.1. The lowest BCUT2D eigenvalue weighted by atomic mass is 10.2. The summed E-state index contributed by atoms with van der Waals surface area (Å²) in [7, 11) is 1.58. The minimum atomic E-state index is -1.42. The summed E-state index contributed by atoms with van der Waals surface area (Å²) < 4.78 is 5.11. The molecule has 3 aromatic rings. The molecule has 1 heterocycles. The molecule has 0 radical (unpaired) electrons. The fourth-order valence-electron chi connectivity index (χ4n) is 2.50. The fourth-order valence-corrected chi connectivity index (χ4v) is 3.24. The highest BCUT2D eigenvalue weighted by molar-refractivity contribution is 7.14. The van der Waals surface area contributed by atoms with Crippen LogP contribution in [-0.2, 0) is 9.59 Å². The van der Waals surface area contributed by atoms with E-state index in [0.717, 1.165) is 11.3 Å². The van der Waals surface area contributed by atoms with Crippen LogP contribution in [-0.4, -0.2) is 29.9 Å². The van der Waals surface area contributed by atoms with Crippen LogP contribution >= 0.6 is 11.3 Å². The molecule has 0 spiro atoms. The molecule has 0 unspecified atom stereocenters. The summed E-state index contributed by atoms with van der Waals surface area (Å²) in [6, 6.07) is 13.1. The molecular formula is C20H16N3O5S-. The number of thiazole rings is 1. The molecule has 0 fully saturated rings. The van der Waals surface area contributed by atoms with Crippen LogP contribution in [0.25, 0.3) is 11.3 Å². The molecule has 0 aliphatic rings. The van der Waals surface area contributed by atoms with E-state index in [1.807, 2.05) is 24.3 Å². The van der Waals surface area contributed by atoms with Crippen molar-refractivity contribution < 1.29 is 24.2 Å². The third-order valence-electron chi connectivity index (χ3n) is 3.88. The summed E-state index contributed by atoms with van der Waals surface area (Å²) in [4.78, 5) is 39.6. The molecule has 2 N–H and O–H groups in total. The molecule has 29 heavy (non-hydrogen) atoms. The van der Waals surface area contributed by atoms with Crippen LogP contribution in [0, 0.1) is 0 Å². The molecule has 8 nitrogen and oxygen atoms in total. The van der Waals surface area contributed by atoms with Crippen molar-refractivity contribution in [2.45, 2.75) is 6.42 Å². The van der Waals surface area contributed by atoms with Gasteiger partial charge in [-0.05, 0) is 30.3 Å². The third-order valence-corrected chi connectivity index (χ3v) is 4.64. The van der Waals surface area contributed by atoms with Gasteiger partial charge in [-0.25, -0.2) is 4.98 Å². The summed E-state index contributed by atoms with van der Waals surface area (Å²) in [6.07, 6.45) is -0.487. The second-order valence-corrected chi connectivity index (χ2v) is 6.73. The van der Waals surface area contributed by atoms with Crippen molar-refractivity contribution in [3.05, 3.63) is 59.5 Å². The largest absolute Gasteiger partial charge is 0.545 e. The van der Waals surface area contributed by atoms with Gasteiger partial charge in [0.2, 0.25) is 11.8 Å². The number of nitrogens with one attached hydrogen (secondary N) is 2. The lowest BCUT2D eigenvalue weighted by Gasteiger charge is -2.11. The first-order valence-corrected chi connectivity index (χ1v) is 9.34. The fraction of sp³-hybridized carbons (Fsp3) is 0.100. The Bertz CT molecular complexity index is 1050. The summed E-state index contributed by atoms with van der Waals surface area (Å²) >= 11 is 1.23. The highest BCUT2D eigenvalue weighted by Crippen LogP contribution is 2.26. The molecule has 3 rings (SSSR count). The van der Waals surface area contributed by atoms with Crippen molar-refractivity contribution in [1.82, 2.24) is 4.98 Å². The van der Waals surface area contributed by atoms with Crippen molar-refractivity contribution in [2.75, 3.05) is 17.7 Å². The van der Waals surface area contributed by atoms with Gasteiger partial charge < -0.3 is 25.3 Å². The number of methoxy groups -OCH3 is 1. The number of benzene rings is 2. The maximum atomic E-state index is 12.1. The summed E-state index contributed by atoms with van der Waals surface area (Å²) in [5.74, 6) is -1.91. The number of anilines is 2. The molecule has 9 heteroatoms. The predicted octanol–water partition coefficient (Wildman–Crippen LogP) is 2.15. The number of aromatic carboxylic acids is 1.